The Bertz CT molecular complexity index is 315. The summed E-state index contributed by atoms with van der Waals surface area (Å²) in [5.41, 5.74) is 10.5. The van der Waals surface area contributed by atoms with Crippen molar-refractivity contribution < 1.29 is 26.2 Å². The Labute approximate surface area is 108 Å². The van der Waals surface area contributed by atoms with Crippen LogP contribution in [0.4, 0.5) is 11.6 Å². The third-order valence-electron chi connectivity index (χ3n) is 1.38. The van der Waals surface area contributed by atoms with Crippen molar-refractivity contribution in [3.63, 3.8) is 0 Å². The molecule has 2 heterocycles. The molecule has 2 rings (SSSR count). The van der Waals surface area contributed by atoms with E-state index in [2.05, 4.69) is 9.97 Å². The number of pyridine rings is 2. The molecule has 0 fully saturated rings. The standard InChI is InChI=1S/2C5H6N2.Zr/c2*6-5-3-1-2-4-7-5;/h2*1-4H,(H2,6,7);. The van der Waals surface area contributed by atoms with Crippen LogP contribution in [0, 0.1) is 0 Å². The summed E-state index contributed by atoms with van der Waals surface area (Å²) in [6.07, 6.45) is 3.32. The number of anilines is 2. The molecule has 0 aliphatic carbocycles. The van der Waals surface area contributed by atoms with Gasteiger partial charge in [-0.05, 0) is 24.3 Å². The molecular weight excluding hydrogens is 267 g/mol. The zero-order chi connectivity index (χ0) is 10.2. The maximum absolute atomic E-state index is 5.25. The van der Waals surface area contributed by atoms with Gasteiger partial charge in [0.15, 0.2) is 0 Å². The molecule has 0 radical (unpaired) electrons. The fraction of sp³-hybridized carbons (Fsp3) is 0. The van der Waals surface area contributed by atoms with Gasteiger partial charge in [0.2, 0.25) is 0 Å². The Morgan fingerprint density at radius 2 is 1.13 bits per heavy atom. The van der Waals surface area contributed by atoms with E-state index in [9.17, 15) is 0 Å². The van der Waals surface area contributed by atoms with Crippen LogP contribution in [0.2, 0.25) is 0 Å². The van der Waals surface area contributed by atoms with Crippen LogP contribution in [0.15, 0.2) is 48.8 Å². The van der Waals surface area contributed by atoms with E-state index in [0.717, 1.165) is 0 Å². The molecule has 0 aliphatic rings. The second-order valence-corrected chi connectivity index (χ2v) is 2.51. The van der Waals surface area contributed by atoms with Crippen LogP contribution in [0.25, 0.3) is 0 Å². The van der Waals surface area contributed by atoms with Gasteiger partial charge in [-0.2, -0.15) is 0 Å². The SMILES string of the molecule is Nc1ccccn1.Nc1ccccn1.[Zr]. The number of hydrogen-bond acceptors (Lipinski definition) is 4. The molecular formula is C10H12N4Zr. The number of hydrogen-bond donors (Lipinski definition) is 2. The molecule has 4 N–H and O–H groups in total. The van der Waals surface area contributed by atoms with Crippen LogP contribution in [0.3, 0.4) is 0 Å². The van der Waals surface area contributed by atoms with Crippen molar-refractivity contribution in [1.82, 2.24) is 9.97 Å². The normalized spacial score (nSPS) is 8.00. The molecule has 0 saturated carbocycles. The van der Waals surface area contributed by atoms with Gasteiger partial charge in [0.1, 0.15) is 11.6 Å². The predicted octanol–water partition coefficient (Wildman–Crippen LogP) is 1.33. The Kier molecular flexibility index (Phi) is 7.46. The van der Waals surface area contributed by atoms with E-state index in [1.165, 1.54) is 0 Å². The molecule has 0 aromatic carbocycles. The van der Waals surface area contributed by atoms with E-state index in [1.54, 1.807) is 24.5 Å². The summed E-state index contributed by atoms with van der Waals surface area (Å²) >= 11 is 0. The van der Waals surface area contributed by atoms with Crippen LogP contribution < -0.4 is 11.5 Å². The van der Waals surface area contributed by atoms with E-state index in [0.29, 0.717) is 11.6 Å². The van der Waals surface area contributed by atoms with Gasteiger partial charge in [-0.25, -0.2) is 9.97 Å². The van der Waals surface area contributed by atoms with Crippen molar-refractivity contribution in [2.45, 2.75) is 0 Å². The largest absolute Gasteiger partial charge is 0.384 e. The van der Waals surface area contributed by atoms with Gasteiger partial charge in [-0.15, -0.1) is 0 Å². The second kappa shape index (κ2) is 8.12. The molecule has 15 heavy (non-hydrogen) atoms. The maximum atomic E-state index is 5.25. The first-order chi connectivity index (χ1) is 6.79. The predicted molar refractivity (Wildman–Crippen MR) is 57.3 cm³/mol. The quantitative estimate of drug-likeness (QED) is 0.762. The number of nitrogens with two attached hydrogens (primary N) is 2. The van der Waals surface area contributed by atoms with E-state index < -0.39 is 0 Å². The number of nitrogens with zero attached hydrogens (tertiary/aromatic N) is 2. The van der Waals surface area contributed by atoms with Gasteiger partial charge in [-0.3, -0.25) is 0 Å². The summed E-state index contributed by atoms with van der Waals surface area (Å²) in [5, 5.41) is 0. The topological polar surface area (TPSA) is 77.8 Å². The molecule has 0 atom stereocenters. The molecule has 2 aromatic rings. The van der Waals surface area contributed by atoms with Crippen molar-refractivity contribution in [3.05, 3.63) is 48.8 Å². The number of nitrogen functional groups attached to an aromatic ring is 2. The van der Waals surface area contributed by atoms with Gasteiger partial charge in [0.25, 0.3) is 0 Å². The van der Waals surface area contributed by atoms with E-state index in [1.807, 2.05) is 24.3 Å². The minimum absolute atomic E-state index is 0. The fourth-order valence-corrected chi connectivity index (χ4v) is 0.752. The molecule has 0 saturated heterocycles. The van der Waals surface area contributed by atoms with Gasteiger partial charge in [0, 0.05) is 38.6 Å². The molecule has 4 nitrogen and oxygen atoms in total. The van der Waals surface area contributed by atoms with Crippen molar-refractivity contribution in [2.24, 2.45) is 0 Å². The first-order valence-electron chi connectivity index (χ1n) is 4.12. The molecule has 0 aliphatic heterocycles. The van der Waals surface area contributed by atoms with Crippen LogP contribution in [-0.2, 0) is 26.2 Å². The Morgan fingerprint density at radius 1 is 0.733 bits per heavy atom. The first kappa shape index (κ1) is 13.8. The zero-order valence-electron chi connectivity index (χ0n) is 8.17. The minimum Gasteiger partial charge on any atom is -0.384 e. The fourth-order valence-electron chi connectivity index (χ4n) is 0.752. The van der Waals surface area contributed by atoms with Crippen LogP contribution in [0.1, 0.15) is 0 Å². The average Bonchev–Trinajstić information content (AvgIpc) is 2.21. The monoisotopic (exact) mass is 278 g/mol. The summed E-state index contributed by atoms with van der Waals surface area (Å²) in [5.74, 6) is 1.14. The average molecular weight is 279 g/mol. The summed E-state index contributed by atoms with van der Waals surface area (Å²) in [6, 6.07) is 10.9. The third kappa shape index (κ3) is 6.80. The summed E-state index contributed by atoms with van der Waals surface area (Å²) in [4.78, 5) is 7.51. The zero-order valence-corrected chi connectivity index (χ0v) is 10.6. The van der Waals surface area contributed by atoms with Crippen molar-refractivity contribution >= 4 is 11.6 Å². The number of rotatable bonds is 0. The van der Waals surface area contributed by atoms with Gasteiger partial charge >= 0.3 is 0 Å². The molecule has 0 spiro atoms. The van der Waals surface area contributed by atoms with Gasteiger partial charge in [-0.1, -0.05) is 12.1 Å². The molecule has 5 heteroatoms. The second-order valence-electron chi connectivity index (χ2n) is 2.51. The summed E-state index contributed by atoms with van der Waals surface area (Å²) in [6.45, 7) is 0. The summed E-state index contributed by atoms with van der Waals surface area (Å²) < 4.78 is 0. The molecule has 76 valence electrons. The maximum Gasteiger partial charge on any atom is 0.123 e. The van der Waals surface area contributed by atoms with Crippen LogP contribution in [0.5, 0.6) is 0 Å². The number of aromatic nitrogens is 2. The van der Waals surface area contributed by atoms with E-state index >= 15 is 0 Å². The van der Waals surface area contributed by atoms with E-state index in [4.69, 9.17) is 11.5 Å². The first-order valence-corrected chi connectivity index (χ1v) is 4.12. The molecule has 2 aromatic heterocycles. The van der Waals surface area contributed by atoms with Crippen LogP contribution in [-0.4, -0.2) is 9.97 Å². The third-order valence-corrected chi connectivity index (χ3v) is 1.38. The Hall–Kier alpha value is -1.22. The van der Waals surface area contributed by atoms with Crippen LogP contribution >= 0.6 is 0 Å². The van der Waals surface area contributed by atoms with Crippen molar-refractivity contribution in [2.75, 3.05) is 11.5 Å². The smallest absolute Gasteiger partial charge is 0.123 e. The van der Waals surface area contributed by atoms with Gasteiger partial charge in [0.05, 0.1) is 0 Å². The minimum atomic E-state index is 0. The van der Waals surface area contributed by atoms with Gasteiger partial charge < -0.3 is 11.5 Å². The Morgan fingerprint density at radius 3 is 1.27 bits per heavy atom. The Balaban J connectivity index is 0.000000245. The van der Waals surface area contributed by atoms with Crippen molar-refractivity contribution in [3.8, 4) is 0 Å². The van der Waals surface area contributed by atoms with E-state index in [-0.39, 0.29) is 26.2 Å². The van der Waals surface area contributed by atoms with Crippen molar-refractivity contribution in [1.29, 1.82) is 0 Å². The molecule has 0 bridgehead atoms. The molecule has 0 amide bonds. The summed E-state index contributed by atoms with van der Waals surface area (Å²) in [7, 11) is 0. The molecule has 0 unspecified atom stereocenters.